The van der Waals surface area contributed by atoms with Crippen molar-refractivity contribution < 1.29 is 8.42 Å². The van der Waals surface area contributed by atoms with Gasteiger partial charge >= 0.3 is 0 Å². The fraction of sp³-hybridized carbons (Fsp3) is 1.00. The molecular weight excluding hydrogens is 160 g/mol. The van der Waals surface area contributed by atoms with Crippen molar-refractivity contribution in [3.63, 3.8) is 0 Å². The summed E-state index contributed by atoms with van der Waals surface area (Å²) < 4.78 is 21.7. The molecule has 0 rings (SSSR count). The van der Waals surface area contributed by atoms with Crippen LogP contribution in [0.4, 0.5) is 0 Å². The lowest BCUT2D eigenvalue weighted by atomic mass is 10.6. The highest BCUT2D eigenvalue weighted by molar-refractivity contribution is 7.92. The van der Waals surface area contributed by atoms with Gasteiger partial charge in [-0.3, -0.25) is 0 Å². The van der Waals surface area contributed by atoms with Gasteiger partial charge in [-0.15, -0.1) is 11.6 Å². The van der Waals surface area contributed by atoms with Crippen LogP contribution in [0.25, 0.3) is 0 Å². The summed E-state index contributed by atoms with van der Waals surface area (Å²) >= 11 is 5.25. The molecule has 0 amide bonds. The van der Waals surface area contributed by atoms with E-state index in [2.05, 4.69) is 0 Å². The smallest absolute Gasteiger partial charge is 0.153 e. The topological polar surface area (TPSA) is 34.1 Å². The summed E-state index contributed by atoms with van der Waals surface area (Å²) in [5.74, 6) is 0.284. The fourth-order valence-corrected chi connectivity index (χ4v) is 1.67. The van der Waals surface area contributed by atoms with Gasteiger partial charge in [0.05, 0.1) is 11.0 Å². The number of sulfone groups is 1. The molecule has 0 aromatic rings. The molecule has 56 valence electrons. The van der Waals surface area contributed by atoms with E-state index in [1.165, 1.54) is 0 Å². The Balaban J connectivity index is 4.05. The fourth-order valence-electron chi connectivity index (χ4n) is 0.343. The minimum atomic E-state index is -2.88. The number of halogens is 1. The van der Waals surface area contributed by atoms with Crippen LogP contribution in [0.3, 0.4) is 0 Å². The summed E-state index contributed by atoms with van der Waals surface area (Å²) in [4.78, 5) is 0. The molecule has 0 saturated heterocycles. The minimum absolute atomic E-state index is 0.0895. The van der Waals surface area contributed by atoms with Crippen LogP contribution in [0.5, 0.6) is 0 Å². The molecule has 0 aromatic carbocycles. The molecule has 0 saturated carbocycles. The summed E-state index contributed by atoms with van der Waals surface area (Å²) in [5, 5.41) is -0.295. The first-order chi connectivity index (χ1) is 4.00. The van der Waals surface area contributed by atoms with Crippen molar-refractivity contribution in [3.05, 3.63) is 0 Å². The Morgan fingerprint density at radius 3 is 2.00 bits per heavy atom. The molecule has 0 radical (unpaired) electrons. The number of hydrogen-bond donors (Lipinski definition) is 0. The van der Waals surface area contributed by atoms with E-state index < -0.39 is 9.84 Å². The number of alkyl halides is 1. The molecule has 2 nitrogen and oxygen atoms in total. The molecule has 0 bridgehead atoms. The van der Waals surface area contributed by atoms with E-state index in [4.69, 9.17) is 11.6 Å². The van der Waals surface area contributed by atoms with Crippen molar-refractivity contribution in [3.8, 4) is 0 Å². The first-order valence-corrected chi connectivity index (χ1v) is 5.03. The van der Waals surface area contributed by atoms with Crippen LogP contribution < -0.4 is 0 Å². The van der Waals surface area contributed by atoms with Gasteiger partial charge in [-0.05, 0) is 13.8 Å². The lowest BCUT2D eigenvalue weighted by Crippen LogP contribution is -2.18. The summed E-state index contributed by atoms with van der Waals surface area (Å²) in [6.45, 7) is 3.31. The predicted molar refractivity (Wildman–Crippen MR) is 39.6 cm³/mol. The van der Waals surface area contributed by atoms with Gasteiger partial charge in [0.15, 0.2) is 9.84 Å². The average Bonchev–Trinajstić information content (AvgIpc) is 1.65. The molecule has 0 unspecified atom stereocenters. The summed E-state index contributed by atoms with van der Waals surface area (Å²) in [7, 11) is -2.88. The maximum atomic E-state index is 10.8. The van der Waals surface area contributed by atoms with Crippen LogP contribution in [0.1, 0.15) is 13.8 Å². The van der Waals surface area contributed by atoms with Crippen LogP contribution >= 0.6 is 11.6 Å². The molecule has 0 N–H and O–H groups in total. The molecule has 0 aliphatic rings. The van der Waals surface area contributed by atoms with E-state index in [1.807, 2.05) is 0 Å². The Morgan fingerprint density at radius 2 is 1.89 bits per heavy atom. The zero-order chi connectivity index (χ0) is 7.49. The van der Waals surface area contributed by atoms with Crippen LogP contribution in [0.15, 0.2) is 0 Å². The largest absolute Gasteiger partial charge is 0.229 e. The lowest BCUT2D eigenvalue weighted by molar-refractivity contribution is 0.589. The first kappa shape index (κ1) is 9.24. The van der Waals surface area contributed by atoms with Gasteiger partial charge in [0.2, 0.25) is 0 Å². The Morgan fingerprint density at radius 1 is 1.44 bits per heavy atom. The second kappa shape index (κ2) is 3.42. The predicted octanol–water partition coefficient (Wildman–Crippen LogP) is 1.05. The molecule has 0 spiro atoms. The molecule has 0 aliphatic heterocycles. The zero-order valence-electron chi connectivity index (χ0n) is 5.59. The van der Waals surface area contributed by atoms with Crippen LogP contribution in [-0.2, 0) is 9.84 Å². The van der Waals surface area contributed by atoms with Crippen molar-refractivity contribution in [2.45, 2.75) is 19.1 Å². The monoisotopic (exact) mass is 170 g/mol. The first-order valence-electron chi connectivity index (χ1n) is 2.78. The Hall–Kier alpha value is 0.240. The van der Waals surface area contributed by atoms with Gasteiger partial charge in [0.25, 0.3) is 0 Å². The van der Waals surface area contributed by atoms with E-state index in [9.17, 15) is 8.42 Å². The Kier molecular flexibility index (Phi) is 3.51. The third kappa shape index (κ3) is 3.06. The number of hydrogen-bond acceptors (Lipinski definition) is 2. The van der Waals surface area contributed by atoms with Crippen LogP contribution in [-0.4, -0.2) is 25.3 Å². The summed E-state index contributed by atoms with van der Waals surface area (Å²) in [6, 6.07) is 0. The van der Waals surface area contributed by atoms with Gasteiger partial charge in [-0.1, -0.05) is 0 Å². The van der Waals surface area contributed by atoms with E-state index in [1.54, 1.807) is 13.8 Å². The van der Waals surface area contributed by atoms with Crippen molar-refractivity contribution in [1.29, 1.82) is 0 Å². The molecule has 0 aliphatic carbocycles. The van der Waals surface area contributed by atoms with Gasteiger partial charge in [-0.2, -0.15) is 0 Å². The Bertz CT molecular complexity index is 160. The van der Waals surface area contributed by atoms with E-state index in [-0.39, 0.29) is 16.9 Å². The molecular formula is C5H11ClO2S. The van der Waals surface area contributed by atoms with Crippen LogP contribution in [0, 0.1) is 0 Å². The van der Waals surface area contributed by atoms with E-state index in [0.29, 0.717) is 0 Å². The standard InChI is InChI=1S/C5H11ClO2S/c1-5(2)9(7,8)4-3-6/h5H,3-4H2,1-2H3. The lowest BCUT2D eigenvalue weighted by Gasteiger charge is -2.03. The third-order valence-electron chi connectivity index (χ3n) is 1.08. The second-order valence-electron chi connectivity index (χ2n) is 2.10. The summed E-state index contributed by atoms with van der Waals surface area (Å²) in [6.07, 6.45) is 0. The van der Waals surface area contributed by atoms with Crippen molar-refractivity contribution in [1.82, 2.24) is 0 Å². The van der Waals surface area contributed by atoms with E-state index >= 15 is 0 Å². The number of rotatable bonds is 3. The Labute approximate surface area is 61.1 Å². The van der Waals surface area contributed by atoms with Gasteiger partial charge < -0.3 is 0 Å². The molecule has 9 heavy (non-hydrogen) atoms. The normalized spacial score (nSPS) is 12.4. The highest BCUT2D eigenvalue weighted by Gasteiger charge is 2.13. The van der Waals surface area contributed by atoms with Gasteiger partial charge in [0, 0.05) is 5.88 Å². The molecule has 0 heterocycles. The molecule has 0 atom stereocenters. The van der Waals surface area contributed by atoms with E-state index in [0.717, 1.165) is 0 Å². The second-order valence-corrected chi connectivity index (χ2v) is 5.16. The van der Waals surface area contributed by atoms with Crippen LogP contribution in [0.2, 0.25) is 0 Å². The minimum Gasteiger partial charge on any atom is -0.229 e. The third-order valence-corrected chi connectivity index (χ3v) is 3.70. The SMILES string of the molecule is CC(C)S(=O)(=O)CCCl. The average molecular weight is 171 g/mol. The van der Waals surface area contributed by atoms with Crippen molar-refractivity contribution >= 4 is 21.4 Å². The molecule has 0 aromatic heterocycles. The van der Waals surface area contributed by atoms with Gasteiger partial charge in [0.1, 0.15) is 0 Å². The maximum Gasteiger partial charge on any atom is 0.153 e. The molecule has 4 heteroatoms. The van der Waals surface area contributed by atoms with Crippen molar-refractivity contribution in [2.75, 3.05) is 11.6 Å². The molecule has 0 fully saturated rings. The summed E-state index contributed by atoms with van der Waals surface area (Å²) in [5.41, 5.74) is 0. The highest BCUT2D eigenvalue weighted by Crippen LogP contribution is 2.00. The highest BCUT2D eigenvalue weighted by atomic mass is 35.5. The maximum absolute atomic E-state index is 10.8. The zero-order valence-corrected chi connectivity index (χ0v) is 7.17. The quantitative estimate of drug-likeness (QED) is 0.594. The van der Waals surface area contributed by atoms with Gasteiger partial charge in [-0.25, -0.2) is 8.42 Å². The van der Waals surface area contributed by atoms with Crippen molar-refractivity contribution in [2.24, 2.45) is 0 Å².